The zero-order chi connectivity index (χ0) is 29.8. The monoisotopic (exact) mass is 585 g/mol. The number of aliphatic imine (C=N–C) groups is 1. The van der Waals surface area contributed by atoms with Crippen LogP contribution in [0.25, 0.3) is 5.69 Å². The van der Waals surface area contributed by atoms with Crippen LogP contribution in [0.15, 0.2) is 71.7 Å². The number of ether oxygens (including phenoxy) is 1. The molecule has 1 aliphatic rings. The van der Waals surface area contributed by atoms with Gasteiger partial charge in [-0.15, -0.1) is 10.2 Å². The molecule has 0 radical (unpaired) electrons. The summed E-state index contributed by atoms with van der Waals surface area (Å²) in [5.41, 5.74) is 3.76. The number of carbonyl (C=O) groups excluding carboxylic acids is 2. The second-order valence-electron chi connectivity index (χ2n) is 9.90. The number of hydrogen-bond acceptors (Lipinski definition) is 8. The van der Waals surface area contributed by atoms with Gasteiger partial charge in [-0.2, -0.15) is 0 Å². The van der Waals surface area contributed by atoms with Gasteiger partial charge in [-0.05, 0) is 49.1 Å². The lowest BCUT2D eigenvalue weighted by Gasteiger charge is -2.14. The van der Waals surface area contributed by atoms with E-state index in [0.717, 1.165) is 16.8 Å². The van der Waals surface area contributed by atoms with E-state index in [1.165, 1.54) is 12.1 Å². The normalized spacial score (nSPS) is 13.8. The topological polar surface area (TPSA) is 139 Å². The summed E-state index contributed by atoms with van der Waals surface area (Å²) < 4.78 is 7.42. The van der Waals surface area contributed by atoms with Gasteiger partial charge in [-0.1, -0.05) is 48.0 Å². The molecule has 2 heterocycles. The molecule has 0 saturated carbocycles. The number of hydrogen-bond donors (Lipinski definition) is 3. The van der Waals surface area contributed by atoms with Crippen LogP contribution in [0.3, 0.4) is 0 Å². The van der Waals surface area contributed by atoms with Crippen molar-refractivity contribution < 1.29 is 24.4 Å². The Balaban J connectivity index is 1.35. The number of carbonyl (C=O) groups is 2. The molecule has 42 heavy (non-hydrogen) atoms. The second kappa shape index (κ2) is 12.7. The van der Waals surface area contributed by atoms with Crippen molar-refractivity contribution in [1.29, 1.82) is 0 Å². The van der Waals surface area contributed by atoms with Crippen molar-refractivity contribution in [3.05, 3.63) is 100 Å². The van der Waals surface area contributed by atoms with Gasteiger partial charge in [0.1, 0.15) is 17.6 Å². The van der Waals surface area contributed by atoms with Crippen molar-refractivity contribution in [1.82, 2.24) is 20.1 Å². The van der Waals surface area contributed by atoms with Crippen molar-refractivity contribution in [3.8, 4) is 11.4 Å². The molecule has 0 fully saturated rings. The summed E-state index contributed by atoms with van der Waals surface area (Å²) >= 11 is 6.16. The Morgan fingerprint density at radius 3 is 2.60 bits per heavy atom. The zero-order valence-corrected chi connectivity index (χ0v) is 23.9. The Bertz CT molecular complexity index is 1650. The molecule has 3 N–H and O–H groups in total. The molecule has 0 spiro atoms. The van der Waals surface area contributed by atoms with Crippen LogP contribution in [-0.2, 0) is 4.79 Å². The molecule has 0 saturated heterocycles. The fourth-order valence-electron chi connectivity index (χ4n) is 4.92. The first-order valence-electron chi connectivity index (χ1n) is 13.5. The summed E-state index contributed by atoms with van der Waals surface area (Å²) in [6.07, 6.45) is 0.629. The highest BCUT2D eigenvalue weighted by Crippen LogP contribution is 2.34. The summed E-state index contributed by atoms with van der Waals surface area (Å²) in [6.45, 7) is 2.14. The standard InChI is InChI=1S/C30H29BClN5O5/c1-18-35-36-30-25(17-28(39)33-14-4-7-27(38)20-5-3-6-21(15-20)31(40)41)34-29(19-8-10-22(32)11-9-19)24-16-23(42-2)12-13-26(24)37(18)30/h3,5-6,8-13,15-16,25,40-41H,4,7,14,17H2,1-2H3,(H,33,39)/t25-/m0/s1. The lowest BCUT2D eigenvalue weighted by Crippen LogP contribution is -2.30. The fourth-order valence-corrected chi connectivity index (χ4v) is 5.04. The Labute approximate surface area is 248 Å². The average molecular weight is 586 g/mol. The molecule has 3 aromatic carbocycles. The highest BCUT2D eigenvalue weighted by Gasteiger charge is 2.30. The molecule has 1 atom stereocenters. The Kier molecular flexibility index (Phi) is 8.82. The molecule has 12 heteroatoms. The molecule has 1 aliphatic heterocycles. The SMILES string of the molecule is COc1ccc2c(c1)C(c1ccc(Cl)cc1)=N[C@@H](CC(=O)NCCCC(=O)c1cccc(B(O)O)c1)c1nnc(C)n1-2. The average Bonchev–Trinajstić information content (AvgIpc) is 3.32. The predicted octanol–water partition coefficient (Wildman–Crippen LogP) is 2.98. The molecule has 214 valence electrons. The maximum atomic E-state index is 13.1. The third-order valence-electron chi connectivity index (χ3n) is 7.04. The van der Waals surface area contributed by atoms with Crippen LogP contribution in [0.4, 0.5) is 0 Å². The van der Waals surface area contributed by atoms with Gasteiger partial charge in [0.25, 0.3) is 0 Å². The summed E-state index contributed by atoms with van der Waals surface area (Å²) in [6, 6.07) is 18.6. The van der Waals surface area contributed by atoms with Crippen LogP contribution in [0.2, 0.25) is 5.02 Å². The number of methoxy groups -OCH3 is 1. The zero-order valence-electron chi connectivity index (χ0n) is 23.1. The molecule has 1 amide bonds. The van der Waals surface area contributed by atoms with Crippen molar-refractivity contribution in [2.75, 3.05) is 13.7 Å². The summed E-state index contributed by atoms with van der Waals surface area (Å²) in [5.74, 6) is 1.47. The number of nitrogens with one attached hydrogen (secondary N) is 1. The third kappa shape index (κ3) is 6.28. The molecule has 4 aromatic rings. The fraction of sp³-hybridized carbons (Fsp3) is 0.233. The summed E-state index contributed by atoms with van der Waals surface area (Å²) in [7, 11) is -0.0436. The van der Waals surface area contributed by atoms with E-state index in [1.807, 2.05) is 41.8 Å². The number of Topliss-reactive ketones (excluding diaryl/α,β-unsaturated/α-hetero) is 1. The predicted molar refractivity (Wildman–Crippen MR) is 160 cm³/mol. The van der Waals surface area contributed by atoms with E-state index in [2.05, 4.69) is 15.5 Å². The van der Waals surface area contributed by atoms with Crippen LogP contribution in [-0.4, -0.2) is 63.0 Å². The van der Waals surface area contributed by atoms with Crippen molar-refractivity contribution in [2.24, 2.45) is 4.99 Å². The van der Waals surface area contributed by atoms with Crippen molar-refractivity contribution in [2.45, 2.75) is 32.2 Å². The highest BCUT2D eigenvalue weighted by atomic mass is 35.5. The van der Waals surface area contributed by atoms with E-state index in [9.17, 15) is 19.6 Å². The number of benzene rings is 3. The summed E-state index contributed by atoms with van der Waals surface area (Å²) in [5, 5.41) is 30.9. The Hall–Kier alpha value is -4.32. The molecule has 1 aromatic heterocycles. The first-order valence-corrected chi connectivity index (χ1v) is 13.8. The van der Waals surface area contributed by atoms with E-state index >= 15 is 0 Å². The minimum absolute atomic E-state index is 0.0186. The van der Waals surface area contributed by atoms with Crippen LogP contribution in [0, 0.1) is 6.92 Å². The van der Waals surface area contributed by atoms with Gasteiger partial charge in [0.05, 0.1) is 24.9 Å². The number of aryl methyl sites for hydroxylation is 1. The van der Waals surface area contributed by atoms with Crippen LogP contribution in [0.5, 0.6) is 5.75 Å². The van der Waals surface area contributed by atoms with Crippen LogP contribution >= 0.6 is 11.6 Å². The van der Waals surface area contributed by atoms with Gasteiger partial charge in [-0.25, -0.2) is 0 Å². The number of rotatable bonds is 10. The quantitative estimate of drug-likeness (QED) is 0.148. The molecule has 0 bridgehead atoms. The molecular formula is C30H29BClN5O5. The van der Waals surface area contributed by atoms with E-state index in [1.54, 1.807) is 31.4 Å². The van der Waals surface area contributed by atoms with E-state index in [0.29, 0.717) is 40.1 Å². The van der Waals surface area contributed by atoms with Crippen molar-refractivity contribution in [3.63, 3.8) is 0 Å². The minimum Gasteiger partial charge on any atom is -0.497 e. The summed E-state index contributed by atoms with van der Waals surface area (Å²) in [4.78, 5) is 30.7. The molecular weight excluding hydrogens is 557 g/mol. The van der Waals surface area contributed by atoms with Gasteiger partial charge in [0.15, 0.2) is 11.6 Å². The van der Waals surface area contributed by atoms with Crippen LogP contribution in [0.1, 0.15) is 58.4 Å². The highest BCUT2D eigenvalue weighted by molar-refractivity contribution is 6.58. The number of ketones is 1. The number of amides is 1. The van der Waals surface area contributed by atoms with Crippen LogP contribution < -0.4 is 15.5 Å². The van der Waals surface area contributed by atoms with Gasteiger partial charge in [0, 0.05) is 34.7 Å². The number of nitrogens with zero attached hydrogens (tertiary/aromatic N) is 4. The molecule has 10 nitrogen and oxygen atoms in total. The first kappa shape index (κ1) is 29.2. The van der Waals surface area contributed by atoms with Crippen molar-refractivity contribution >= 4 is 41.6 Å². The van der Waals surface area contributed by atoms with Gasteiger partial charge in [-0.3, -0.25) is 19.1 Å². The number of aromatic nitrogens is 3. The van der Waals surface area contributed by atoms with Gasteiger partial charge >= 0.3 is 7.12 Å². The Morgan fingerprint density at radius 2 is 1.86 bits per heavy atom. The van der Waals surface area contributed by atoms with E-state index in [4.69, 9.17) is 21.3 Å². The maximum Gasteiger partial charge on any atom is 0.488 e. The first-order chi connectivity index (χ1) is 20.2. The second-order valence-corrected chi connectivity index (χ2v) is 10.3. The number of halogens is 1. The Morgan fingerprint density at radius 1 is 1.07 bits per heavy atom. The molecule has 0 unspecified atom stereocenters. The van der Waals surface area contributed by atoms with Gasteiger partial charge < -0.3 is 20.1 Å². The lowest BCUT2D eigenvalue weighted by molar-refractivity contribution is -0.121. The minimum atomic E-state index is -1.65. The largest absolute Gasteiger partial charge is 0.497 e. The maximum absolute atomic E-state index is 13.1. The smallest absolute Gasteiger partial charge is 0.488 e. The third-order valence-corrected chi connectivity index (χ3v) is 7.29. The van der Waals surface area contributed by atoms with Gasteiger partial charge in [0.2, 0.25) is 5.91 Å². The molecule has 5 rings (SSSR count). The van der Waals surface area contributed by atoms with E-state index in [-0.39, 0.29) is 36.5 Å². The molecule has 0 aliphatic carbocycles. The lowest BCUT2D eigenvalue weighted by atomic mass is 9.79. The van der Waals surface area contributed by atoms with E-state index < -0.39 is 13.2 Å². The number of fused-ring (bicyclic) bond motifs is 3.